The maximum Gasteiger partial charge on any atom is 0.144 e. The Morgan fingerprint density at radius 2 is 2.25 bits per heavy atom. The molecule has 2 aromatic rings. The van der Waals surface area contributed by atoms with E-state index in [2.05, 4.69) is 5.10 Å². The van der Waals surface area contributed by atoms with Gasteiger partial charge in [0.1, 0.15) is 11.4 Å². The molecule has 2 N–H and O–H groups in total. The third kappa shape index (κ3) is 1.92. The Balaban J connectivity index is 2.47. The van der Waals surface area contributed by atoms with E-state index in [1.165, 1.54) is 0 Å². The predicted molar refractivity (Wildman–Crippen MR) is 62.7 cm³/mol. The Morgan fingerprint density at radius 3 is 2.81 bits per heavy atom. The number of hydrogen-bond donors (Lipinski definition) is 1. The van der Waals surface area contributed by atoms with Crippen molar-refractivity contribution >= 4 is 0 Å². The molecule has 0 radical (unpaired) electrons. The minimum Gasteiger partial charge on any atom is -0.494 e. The third-order valence-corrected chi connectivity index (χ3v) is 2.48. The lowest BCUT2D eigenvalue weighted by Crippen LogP contribution is -2.06. The average Bonchev–Trinajstić information content (AvgIpc) is 2.81. The van der Waals surface area contributed by atoms with E-state index in [1.807, 2.05) is 37.4 Å². The largest absolute Gasteiger partial charge is 0.494 e. The predicted octanol–water partition coefficient (Wildman–Crippen LogP) is 1.90. The topological polar surface area (TPSA) is 53.1 Å². The lowest BCUT2D eigenvalue weighted by atomic mass is 10.1. The summed E-state index contributed by atoms with van der Waals surface area (Å²) >= 11 is 0. The summed E-state index contributed by atoms with van der Waals surface area (Å²) in [6.07, 6.45) is 3.61. The summed E-state index contributed by atoms with van der Waals surface area (Å²) in [4.78, 5) is 0. The standard InChI is InChI=1S/C12H15N3O/c1-9(13)10-4-5-11(12(8-10)16-2)15-7-3-6-14-15/h3-9H,13H2,1-2H3/t9-/m1/s1. The lowest BCUT2D eigenvalue weighted by Gasteiger charge is -2.12. The molecule has 0 aliphatic rings. The van der Waals surface area contributed by atoms with Crippen LogP contribution in [0, 0.1) is 0 Å². The molecule has 0 unspecified atom stereocenters. The highest BCUT2D eigenvalue weighted by atomic mass is 16.5. The van der Waals surface area contributed by atoms with E-state index in [-0.39, 0.29) is 6.04 Å². The molecule has 0 aliphatic heterocycles. The smallest absolute Gasteiger partial charge is 0.144 e. The van der Waals surface area contributed by atoms with Crippen LogP contribution >= 0.6 is 0 Å². The fourth-order valence-electron chi connectivity index (χ4n) is 1.58. The molecule has 4 nitrogen and oxygen atoms in total. The number of methoxy groups -OCH3 is 1. The van der Waals surface area contributed by atoms with Crippen molar-refractivity contribution in [2.45, 2.75) is 13.0 Å². The van der Waals surface area contributed by atoms with Gasteiger partial charge in [0, 0.05) is 18.4 Å². The van der Waals surface area contributed by atoms with Gasteiger partial charge < -0.3 is 10.5 Å². The number of hydrogen-bond acceptors (Lipinski definition) is 3. The molecule has 0 saturated carbocycles. The van der Waals surface area contributed by atoms with Crippen molar-refractivity contribution in [1.29, 1.82) is 0 Å². The van der Waals surface area contributed by atoms with Crippen molar-refractivity contribution in [2.75, 3.05) is 7.11 Å². The minimum atomic E-state index is 0.000529. The highest BCUT2D eigenvalue weighted by Crippen LogP contribution is 2.25. The maximum absolute atomic E-state index is 5.83. The second-order valence-corrected chi connectivity index (χ2v) is 3.67. The molecular formula is C12H15N3O. The van der Waals surface area contributed by atoms with Gasteiger partial charge in [0.05, 0.1) is 7.11 Å². The molecule has 16 heavy (non-hydrogen) atoms. The van der Waals surface area contributed by atoms with Crippen LogP contribution in [-0.2, 0) is 0 Å². The fourth-order valence-corrected chi connectivity index (χ4v) is 1.58. The van der Waals surface area contributed by atoms with E-state index in [4.69, 9.17) is 10.5 Å². The maximum atomic E-state index is 5.83. The summed E-state index contributed by atoms with van der Waals surface area (Å²) in [6, 6.07) is 7.77. The summed E-state index contributed by atoms with van der Waals surface area (Å²) < 4.78 is 7.11. The average molecular weight is 217 g/mol. The molecule has 0 aliphatic carbocycles. The molecule has 1 heterocycles. The molecule has 0 fully saturated rings. The summed E-state index contributed by atoms with van der Waals surface area (Å²) in [5.74, 6) is 0.776. The van der Waals surface area contributed by atoms with Crippen LogP contribution in [0.25, 0.3) is 5.69 Å². The zero-order valence-corrected chi connectivity index (χ0v) is 9.42. The Bertz CT molecular complexity index is 463. The van der Waals surface area contributed by atoms with Gasteiger partial charge in [-0.1, -0.05) is 6.07 Å². The first-order chi connectivity index (χ1) is 7.72. The summed E-state index contributed by atoms with van der Waals surface area (Å²) in [5, 5.41) is 4.18. The molecule has 0 spiro atoms. The molecule has 0 saturated heterocycles. The number of ether oxygens (including phenoxy) is 1. The quantitative estimate of drug-likeness (QED) is 0.854. The van der Waals surface area contributed by atoms with Crippen molar-refractivity contribution in [3.63, 3.8) is 0 Å². The van der Waals surface area contributed by atoms with Gasteiger partial charge in [-0.25, -0.2) is 4.68 Å². The van der Waals surface area contributed by atoms with Crippen molar-refractivity contribution < 1.29 is 4.74 Å². The molecule has 0 bridgehead atoms. The first-order valence-electron chi connectivity index (χ1n) is 5.16. The molecule has 1 atom stereocenters. The van der Waals surface area contributed by atoms with Gasteiger partial charge in [-0.05, 0) is 30.7 Å². The van der Waals surface area contributed by atoms with Crippen LogP contribution in [0.2, 0.25) is 0 Å². The van der Waals surface area contributed by atoms with Crippen LogP contribution in [0.4, 0.5) is 0 Å². The zero-order valence-electron chi connectivity index (χ0n) is 9.42. The van der Waals surface area contributed by atoms with Crippen LogP contribution < -0.4 is 10.5 Å². The molecule has 84 valence electrons. The van der Waals surface area contributed by atoms with E-state index in [0.29, 0.717) is 0 Å². The van der Waals surface area contributed by atoms with E-state index in [1.54, 1.807) is 18.0 Å². The van der Waals surface area contributed by atoms with Gasteiger partial charge in [-0.15, -0.1) is 0 Å². The number of benzene rings is 1. The zero-order chi connectivity index (χ0) is 11.5. The van der Waals surface area contributed by atoms with Crippen molar-refractivity contribution in [1.82, 2.24) is 9.78 Å². The molecule has 1 aromatic heterocycles. The van der Waals surface area contributed by atoms with E-state index in [9.17, 15) is 0 Å². The number of nitrogens with two attached hydrogens (primary N) is 1. The van der Waals surface area contributed by atoms with E-state index in [0.717, 1.165) is 17.0 Å². The van der Waals surface area contributed by atoms with E-state index >= 15 is 0 Å². The molecule has 4 heteroatoms. The van der Waals surface area contributed by atoms with E-state index < -0.39 is 0 Å². The second-order valence-electron chi connectivity index (χ2n) is 3.67. The summed E-state index contributed by atoms with van der Waals surface area (Å²) in [5.41, 5.74) is 7.79. The first-order valence-corrected chi connectivity index (χ1v) is 5.16. The highest BCUT2D eigenvalue weighted by Gasteiger charge is 2.08. The van der Waals surface area contributed by atoms with Gasteiger partial charge >= 0.3 is 0 Å². The Morgan fingerprint density at radius 1 is 1.44 bits per heavy atom. The van der Waals surface area contributed by atoms with Crippen LogP contribution in [0.15, 0.2) is 36.7 Å². The van der Waals surface area contributed by atoms with Crippen LogP contribution in [0.3, 0.4) is 0 Å². The SMILES string of the molecule is COc1cc([C@@H](C)N)ccc1-n1cccn1. The van der Waals surface area contributed by atoms with Gasteiger partial charge in [0.2, 0.25) is 0 Å². The lowest BCUT2D eigenvalue weighted by molar-refractivity contribution is 0.411. The monoisotopic (exact) mass is 217 g/mol. The van der Waals surface area contributed by atoms with Crippen LogP contribution in [0.5, 0.6) is 5.75 Å². The number of nitrogens with zero attached hydrogens (tertiary/aromatic N) is 2. The van der Waals surface area contributed by atoms with Crippen molar-refractivity contribution in [2.24, 2.45) is 5.73 Å². The number of rotatable bonds is 3. The first kappa shape index (κ1) is 10.7. The fraction of sp³-hybridized carbons (Fsp3) is 0.250. The molecule has 0 amide bonds. The number of aromatic nitrogens is 2. The van der Waals surface area contributed by atoms with Gasteiger partial charge in [-0.2, -0.15) is 5.10 Å². The normalized spacial score (nSPS) is 12.4. The third-order valence-electron chi connectivity index (χ3n) is 2.48. The van der Waals surface area contributed by atoms with Gasteiger partial charge in [-0.3, -0.25) is 0 Å². The Kier molecular flexibility index (Phi) is 2.92. The second kappa shape index (κ2) is 4.37. The summed E-state index contributed by atoms with van der Waals surface area (Å²) in [6.45, 7) is 1.95. The molecule has 2 rings (SSSR count). The van der Waals surface area contributed by atoms with Crippen LogP contribution in [-0.4, -0.2) is 16.9 Å². The Hall–Kier alpha value is -1.81. The van der Waals surface area contributed by atoms with Gasteiger partial charge in [0.25, 0.3) is 0 Å². The van der Waals surface area contributed by atoms with Gasteiger partial charge in [0.15, 0.2) is 0 Å². The molecular weight excluding hydrogens is 202 g/mol. The Labute approximate surface area is 94.6 Å². The highest BCUT2D eigenvalue weighted by molar-refractivity contribution is 5.48. The van der Waals surface area contributed by atoms with Crippen LogP contribution in [0.1, 0.15) is 18.5 Å². The van der Waals surface area contributed by atoms with Crippen molar-refractivity contribution in [3.8, 4) is 11.4 Å². The molecule has 1 aromatic carbocycles. The minimum absolute atomic E-state index is 0.000529. The van der Waals surface area contributed by atoms with Crippen molar-refractivity contribution in [3.05, 3.63) is 42.2 Å². The summed E-state index contributed by atoms with van der Waals surface area (Å²) in [7, 11) is 1.65.